The molecule has 0 aliphatic heterocycles. The first-order valence-corrected chi connectivity index (χ1v) is 9.38. The smallest absolute Gasteiger partial charge is 0.0899 e. The highest BCUT2D eigenvalue weighted by atomic mass is 28.3. The van der Waals surface area contributed by atoms with Gasteiger partial charge in [0.2, 0.25) is 0 Å². The normalized spacial score (nSPS) is 12.8. The van der Waals surface area contributed by atoms with Gasteiger partial charge in [0.25, 0.3) is 0 Å². The molecule has 2 heteroatoms. The Morgan fingerprint density at radius 1 is 1.12 bits per heavy atom. The van der Waals surface area contributed by atoms with Crippen LogP contribution >= 0.6 is 0 Å². The van der Waals surface area contributed by atoms with E-state index in [0.717, 1.165) is 11.6 Å². The molecule has 0 bridgehead atoms. The maximum absolute atomic E-state index is 9.86. The summed E-state index contributed by atoms with van der Waals surface area (Å²) in [5.74, 6) is 6.25. The van der Waals surface area contributed by atoms with Gasteiger partial charge in [-0.25, -0.2) is 0 Å². The quantitative estimate of drug-likeness (QED) is 0.625. The zero-order valence-corrected chi connectivity index (χ0v) is 11.3. The van der Waals surface area contributed by atoms with Crippen molar-refractivity contribution in [3.8, 4) is 11.8 Å². The molecule has 16 heavy (non-hydrogen) atoms. The second-order valence-electron chi connectivity index (χ2n) is 5.22. The van der Waals surface area contributed by atoms with Crippen molar-refractivity contribution >= 4 is 8.07 Å². The molecule has 0 saturated carbocycles. The van der Waals surface area contributed by atoms with Gasteiger partial charge in [-0.3, -0.25) is 0 Å². The molecule has 0 amide bonds. The van der Waals surface area contributed by atoms with Crippen LogP contribution in [0.2, 0.25) is 25.7 Å². The highest BCUT2D eigenvalue weighted by Gasteiger charge is 2.10. The van der Waals surface area contributed by atoms with E-state index >= 15 is 0 Å². The van der Waals surface area contributed by atoms with Gasteiger partial charge in [-0.15, -0.1) is 11.8 Å². The lowest BCUT2D eigenvalue weighted by atomic mass is 10.1. The van der Waals surface area contributed by atoms with E-state index in [9.17, 15) is 5.11 Å². The lowest BCUT2D eigenvalue weighted by molar-refractivity contribution is 0.184. The monoisotopic (exact) mass is 232 g/mol. The topological polar surface area (TPSA) is 20.2 Å². The third-order valence-electron chi connectivity index (χ3n) is 2.22. The molecule has 0 saturated heterocycles. The van der Waals surface area contributed by atoms with Crippen LogP contribution in [0.25, 0.3) is 0 Å². The minimum atomic E-state index is -1.06. The largest absolute Gasteiger partial charge is 0.387 e. The van der Waals surface area contributed by atoms with Crippen LogP contribution in [0.1, 0.15) is 18.1 Å². The van der Waals surface area contributed by atoms with Crippen LogP contribution in [-0.2, 0) is 0 Å². The van der Waals surface area contributed by atoms with Gasteiger partial charge in [-0.05, 0) is 5.56 Å². The summed E-state index contributed by atoms with van der Waals surface area (Å²) in [6, 6.07) is 10.7. The molecular formula is C14H20OSi. The van der Waals surface area contributed by atoms with E-state index in [2.05, 4.69) is 31.5 Å². The van der Waals surface area contributed by atoms with Gasteiger partial charge in [-0.1, -0.05) is 50.0 Å². The zero-order valence-electron chi connectivity index (χ0n) is 10.3. The number of hydrogen-bond donors (Lipinski definition) is 1. The molecule has 1 unspecified atom stereocenters. The Morgan fingerprint density at radius 2 is 1.75 bits per heavy atom. The molecule has 1 nitrogen and oxygen atoms in total. The molecule has 0 fully saturated rings. The standard InChI is InChI=1S/C14H20OSi/c1-16(2,3)12-8-7-11-14(15)13-9-5-4-6-10-13/h4-6,9-10,14-15H,11-12H2,1-3H3. The average molecular weight is 232 g/mol. The van der Waals surface area contributed by atoms with Gasteiger partial charge in [0.05, 0.1) is 14.2 Å². The number of benzene rings is 1. The van der Waals surface area contributed by atoms with E-state index in [4.69, 9.17) is 0 Å². The summed E-state index contributed by atoms with van der Waals surface area (Å²) in [5.41, 5.74) is 0.949. The summed E-state index contributed by atoms with van der Waals surface area (Å²) in [7, 11) is -1.06. The van der Waals surface area contributed by atoms with Crippen LogP contribution in [-0.4, -0.2) is 13.2 Å². The van der Waals surface area contributed by atoms with E-state index < -0.39 is 14.2 Å². The summed E-state index contributed by atoms with van der Waals surface area (Å²) in [6.45, 7) is 6.90. The summed E-state index contributed by atoms with van der Waals surface area (Å²) in [4.78, 5) is 0. The van der Waals surface area contributed by atoms with Gasteiger partial charge >= 0.3 is 0 Å². The highest BCUT2D eigenvalue weighted by molar-refractivity contribution is 6.76. The van der Waals surface area contributed by atoms with Gasteiger partial charge < -0.3 is 5.11 Å². The predicted molar refractivity (Wildman–Crippen MR) is 71.9 cm³/mol. The Bertz CT molecular complexity index is 367. The molecule has 86 valence electrons. The van der Waals surface area contributed by atoms with Crippen molar-refractivity contribution in [1.82, 2.24) is 0 Å². The number of rotatable bonds is 3. The molecule has 1 atom stereocenters. The summed E-state index contributed by atoms with van der Waals surface area (Å²) >= 11 is 0. The van der Waals surface area contributed by atoms with Crippen molar-refractivity contribution in [3.63, 3.8) is 0 Å². The Balaban J connectivity index is 2.44. The first-order chi connectivity index (χ1) is 7.49. The molecule has 0 heterocycles. The fraction of sp³-hybridized carbons (Fsp3) is 0.429. The fourth-order valence-electron chi connectivity index (χ4n) is 1.29. The van der Waals surface area contributed by atoms with Gasteiger partial charge in [0.15, 0.2) is 0 Å². The van der Waals surface area contributed by atoms with Crippen molar-refractivity contribution in [1.29, 1.82) is 0 Å². The summed E-state index contributed by atoms with van der Waals surface area (Å²) < 4.78 is 0. The van der Waals surface area contributed by atoms with Gasteiger partial charge in [0, 0.05) is 12.5 Å². The number of hydrogen-bond acceptors (Lipinski definition) is 1. The van der Waals surface area contributed by atoms with Crippen molar-refractivity contribution in [2.24, 2.45) is 0 Å². The molecule has 1 rings (SSSR count). The molecule has 0 radical (unpaired) electrons. The minimum absolute atomic E-state index is 0.449. The molecule has 1 aromatic carbocycles. The van der Waals surface area contributed by atoms with Crippen LogP contribution in [0.5, 0.6) is 0 Å². The molecule has 0 spiro atoms. The Morgan fingerprint density at radius 3 is 2.31 bits per heavy atom. The minimum Gasteiger partial charge on any atom is -0.387 e. The van der Waals surface area contributed by atoms with E-state index in [0.29, 0.717) is 6.42 Å². The third-order valence-corrected chi connectivity index (χ3v) is 3.46. The molecule has 1 aromatic rings. The highest BCUT2D eigenvalue weighted by Crippen LogP contribution is 2.15. The lowest BCUT2D eigenvalue weighted by Gasteiger charge is -2.10. The van der Waals surface area contributed by atoms with Crippen LogP contribution in [0, 0.1) is 11.8 Å². The molecule has 0 aliphatic carbocycles. The molecule has 0 aliphatic rings. The second-order valence-corrected chi connectivity index (χ2v) is 10.7. The van der Waals surface area contributed by atoms with Crippen LogP contribution < -0.4 is 0 Å². The molecule has 1 N–H and O–H groups in total. The van der Waals surface area contributed by atoms with E-state index in [-0.39, 0.29) is 0 Å². The first kappa shape index (κ1) is 13.0. The van der Waals surface area contributed by atoms with Crippen LogP contribution in [0.15, 0.2) is 30.3 Å². The zero-order chi connectivity index (χ0) is 12.0. The van der Waals surface area contributed by atoms with E-state index in [1.165, 1.54) is 0 Å². The SMILES string of the molecule is C[Si](C)(C)CC#CCC(O)c1ccccc1. The maximum Gasteiger partial charge on any atom is 0.0899 e. The maximum atomic E-state index is 9.86. The van der Waals surface area contributed by atoms with Gasteiger partial charge in [-0.2, -0.15) is 0 Å². The second kappa shape index (κ2) is 5.88. The fourth-order valence-corrected chi connectivity index (χ4v) is 1.94. The number of aliphatic hydroxyl groups excluding tert-OH is 1. The van der Waals surface area contributed by atoms with Crippen LogP contribution in [0.3, 0.4) is 0 Å². The molecule has 0 aromatic heterocycles. The van der Waals surface area contributed by atoms with E-state index in [1.54, 1.807) is 0 Å². The van der Waals surface area contributed by atoms with Gasteiger partial charge in [0.1, 0.15) is 0 Å². The average Bonchev–Trinajstić information content (AvgIpc) is 2.24. The summed E-state index contributed by atoms with van der Waals surface area (Å²) in [6.07, 6.45) is 0.0874. The summed E-state index contributed by atoms with van der Waals surface area (Å²) in [5, 5.41) is 9.86. The van der Waals surface area contributed by atoms with Crippen LogP contribution in [0.4, 0.5) is 0 Å². The van der Waals surface area contributed by atoms with Crippen molar-refractivity contribution in [2.45, 2.75) is 38.2 Å². The Labute approximate surface area is 99.5 Å². The number of aliphatic hydroxyl groups is 1. The van der Waals surface area contributed by atoms with E-state index in [1.807, 2.05) is 30.3 Å². The Hall–Kier alpha value is -1.04. The third kappa shape index (κ3) is 5.15. The first-order valence-electron chi connectivity index (χ1n) is 5.68. The molecular weight excluding hydrogens is 212 g/mol. The van der Waals surface area contributed by atoms with Crippen molar-refractivity contribution < 1.29 is 5.11 Å². The predicted octanol–water partition coefficient (Wildman–Crippen LogP) is 3.45. The van der Waals surface area contributed by atoms with Crippen molar-refractivity contribution in [2.75, 3.05) is 0 Å². The van der Waals surface area contributed by atoms with Crippen molar-refractivity contribution in [3.05, 3.63) is 35.9 Å². The Kier molecular flexibility index (Phi) is 4.79. The lowest BCUT2D eigenvalue weighted by Crippen LogP contribution is -2.17.